The lowest BCUT2D eigenvalue weighted by molar-refractivity contribution is -0.134. The van der Waals surface area contributed by atoms with E-state index >= 15 is 0 Å². The molecule has 1 aliphatic heterocycles. The summed E-state index contributed by atoms with van der Waals surface area (Å²) in [6.07, 6.45) is 2.27. The second-order valence-electron chi connectivity index (χ2n) is 3.73. The van der Waals surface area contributed by atoms with Crippen molar-refractivity contribution in [3.63, 3.8) is 0 Å². The van der Waals surface area contributed by atoms with Gasteiger partial charge in [0.25, 0.3) is 0 Å². The third-order valence-corrected chi connectivity index (χ3v) is 3.77. The topological polar surface area (TPSA) is 20.3 Å². The summed E-state index contributed by atoms with van der Waals surface area (Å²) < 4.78 is 0. The first-order chi connectivity index (χ1) is 5.79. The summed E-state index contributed by atoms with van der Waals surface area (Å²) in [5, 5.41) is 0. The zero-order valence-corrected chi connectivity index (χ0v) is 8.27. The first kappa shape index (κ1) is 8.42. The Morgan fingerprint density at radius 2 is 2.25 bits per heavy atom. The van der Waals surface area contributed by atoms with Gasteiger partial charge in [-0.1, -0.05) is 0 Å². The van der Waals surface area contributed by atoms with E-state index in [0.29, 0.717) is 17.9 Å². The highest BCUT2D eigenvalue weighted by Gasteiger charge is 2.35. The Morgan fingerprint density at radius 1 is 1.50 bits per heavy atom. The molecule has 0 aromatic heterocycles. The van der Waals surface area contributed by atoms with Crippen LogP contribution in [0.4, 0.5) is 0 Å². The first-order valence-electron chi connectivity index (χ1n) is 4.67. The molecule has 0 aromatic carbocycles. The number of carbonyl (C=O) groups excluding carboxylic acids is 1. The van der Waals surface area contributed by atoms with E-state index in [1.54, 1.807) is 0 Å². The molecule has 1 heterocycles. The minimum absolute atomic E-state index is 0.399. The Hall–Kier alpha value is -0.180. The largest absolute Gasteiger partial charge is 0.338 e. The van der Waals surface area contributed by atoms with Crippen LogP contribution in [0.5, 0.6) is 0 Å². The van der Waals surface area contributed by atoms with Crippen molar-refractivity contribution in [1.82, 2.24) is 4.90 Å². The van der Waals surface area contributed by atoms with E-state index in [2.05, 4.69) is 11.8 Å². The molecule has 0 aromatic rings. The Labute approximate surface area is 77.7 Å². The van der Waals surface area contributed by atoms with E-state index in [0.717, 1.165) is 30.9 Å². The van der Waals surface area contributed by atoms with Gasteiger partial charge in [0.15, 0.2) is 0 Å². The van der Waals surface area contributed by atoms with Gasteiger partial charge in [-0.25, -0.2) is 0 Å². The molecule has 0 bridgehead atoms. The van der Waals surface area contributed by atoms with Crippen molar-refractivity contribution in [2.45, 2.75) is 25.8 Å². The Bertz CT molecular complexity index is 191. The summed E-state index contributed by atoms with van der Waals surface area (Å²) in [6.45, 7) is 3.13. The molecule has 12 heavy (non-hydrogen) atoms. The Balaban J connectivity index is 1.95. The van der Waals surface area contributed by atoms with E-state index in [1.165, 1.54) is 0 Å². The van der Waals surface area contributed by atoms with Gasteiger partial charge in [-0.3, -0.25) is 4.79 Å². The number of carbonyl (C=O) groups is 1. The molecule has 1 atom stereocenters. The normalized spacial score (nSPS) is 30.4. The zero-order chi connectivity index (χ0) is 8.55. The molecule has 1 amide bonds. The SMILES string of the molecule is CC1CSCCN1C(=O)C1CC1. The molecule has 2 nitrogen and oxygen atoms in total. The lowest BCUT2D eigenvalue weighted by Crippen LogP contribution is -2.45. The maximum absolute atomic E-state index is 11.7. The van der Waals surface area contributed by atoms with Gasteiger partial charge in [0.1, 0.15) is 0 Å². The van der Waals surface area contributed by atoms with Crippen LogP contribution in [0, 0.1) is 5.92 Å². The molecule has 1 saturated carbocycles. The number of amides is 1. The fraction of sp³-hybridized carbons (Fsp3) is 0.889. The van der Waals surface area contributed by atoms with Crippen molar-refractivity contribution in [2.75, 3.05) is 18.1 Å². The van der Waals surface area contributed by atoms with Gasteiger partial charge < -0.3 is 4.90 Å². The predicted molar refractivity (Wildman–Crippen MR) is 51.2 cm³/mol. The molecule has 2 rings (SSSR count). The number of rotatable bonds is 1. The van der Waals surface area contributed by atoms with Crippen molar-refractivity contribution in [3.8, 4) is 0 Å². The monoisotopic (exact) mass is 185 g/mol. The molecule has 3 heteroatoms. The number of hydrogen-bond acceptors (Lipinski definition) is 2. The second kappa shape index (κ2) is 3.29. The second-order valence-corrected chi connectivity index (χ2v) is 4.88. The third kappa shape index (κ3) is 1.60. The van der Waals surface area contributed by atoms with E-state index in [9.17, 15) is 4.79 Å². The van der Waals surface area contributed by atoms with Gasteiger partial charge in [-0.15, -0.1) is 0 Å². The van der Waals surface area contributed by atoms with Gasteiger partial charge in [0.05, 0.1) is 0 Å². The summed E-state index contributed by atoms with van der Waals surface area (Å²) in [7, 11) is 0. The standard InChI is InChI=1S/C9H15NOS/c1-7-6-12-5-4-10(7)9(11)8-2-3-8/h7-8H,2-6H2,1H3. The summed E-state index contributed by atoms with van der Waals surface area (Å²) in [4.78, 5) is 13.8. The quantitative estimate of drug-likeness (QED) is 0.615. The molecule has 2 aliphatic rings. The summed E-state index contributed by atoms with van der Waals surface area (Å²) in [6, 6.07) is 0.469. The van der Waals surface area contributed by atoms with Crippen molar-refractivity contribution in [2.24, 2.45) is 5.92 Å². The van der Waals surface area contributed by atoms with Crippen LogP contribution in [-0.4, -0.2) is 34.9 Å². The van der Waals surface area contributed by atoms with Crippen LogP contribution in [0.3, 0.4) is 0 Å². The van der Waals surface area contributed by atoms with Crippen LogP contribution in [0.15, 0.2) is 0 Å². The summed E-state index contributed by atoms with van der Waals surface area (Å²) in [5.74, 6) is 3.07. The molecule has 0 radical (unpaired) electrons. The van der Waals surface area contributed by atoms with Gasteiger partial charge in [-0.2, -0.15) is 11.8 Å². The highest BCUT2D eigenvalue weighted by molar-refractivity contribution is 7.99. The average Bonchev–Trinajstić information content (AvgIpc) is 2.86. The summed E-state index contributed by atoms with van der Waals surface area (Å²) >= 11 is 1.96. The number of nitrogens with zero attached hydrogens (tertiary/aromatic N) is 1. The van der Waals surface area contributed by atoms with Crippen LogP contribution in [0.2, 0.25) is 0 Å². The van der Waals surface area contributed by atoms with Crippen LogP contribution in [0.1, 0.15) is 19.8 Å². The molecular weight excluding hydrogens is 170 g/mol. The molecule has 68 valence electrons. The number of hydrogen-bond donors (Lipinski definition) is 0. The first-order valence-corrected chi connectivity index (χ1v) is 5.82. The van der Waals surface area contributed by atoms with Gasteiger partial charge in [0, 0.05) is 30.0 Å². The van der Waals surface area contributed by atoms with E-state index < -0.39 is 0 Å². The maximum Gasteiger partial charge on any atom is 0.225 e. The number of thioether (sulfide) groups is 1. The Kier molecular flexibility index (Phi) is 2.31. The molecule has 2 fully saturated rings. The van der Waals surface area contributed by atoms with Crippen molar-refractivity contribution < 1.29 is 4.79 Å². The van der Waals surface area contributed by atoms with Crippen LogP contribution in [0.25, 0.3) is 0 Å². The third-order valence-electron chi connectivity index (χ3n) is 2.58. The molecule has 1 saturated heterocycles. The van der Waals surface area contributed by atoms with Crippen LogP contribution >= 0.6 is 11.8 Å². The van der Waals surface area contributed by atoms with E-state index in [1.807, 2.05) is 11.8 Å². The summed E-state index contributed by atoms with van der Waals surface area (Å²) in [5.41, 5.74) is 0. The molecule has 0 N–H and O–H groups in total. The minimum atomic E-state index is 0.399. The van der Waals surface area contributed by atoms with Crippen molar-refractivity contribution in [3.05, 3.63) is 0 Å². The average molecular weight is 185 g/mol. The van der Waals surface area contributed by atoms with Gasteiger partial charge in [-0.05, 0) is 19.8 Å². The molecule has 1 unspecified atom stereocenters. The lowest BCUT2D eigenvalue weighted by atomic mass is 10.2. The highest BCUT2D eigenvalue weighted by Crippen LogP contribution is 2.32. The predicted octanol–water partition coefficient (Wildman–Crippen LogP) is 1.36. The fourth-order valence-electron chi connectivity index (χ4n) is 1.62. The van der Waals surface area contributed by atoms with Gasteiger partial charge >= 0.3 is 0 Å². The fourth-order valence-corrected chi connectivity index (χ4v) is 2.63. The van der Waals surface area contributed by atoms with Gasteiger partial charge in [0.2, 0.25) is 5.91 Å². The van der Waals surface area contributed by atoms with Crippen LogP contribution < -0.4 is 0 Å². The van der Waals surface area contributed by atoms with Crippen LogP contribution in [-0.2, 0) is 4.79 Å². The van der Waals surface area contributed by atoms with Crippen molar-refractivity contribution in [1.29, 1.82) is 0 Å². The Morgan fingerprint density at radius 3 is 2.83 bits per heavy atom. The zero-order valence-electron chi connectivity index (χ0n) is 7.45. The highest BCUT2D eigenvalue weighted by atomic mass is 32.2. The smallest absolute Gasteiger partial charge is 0.225 e. The lowest BCUT2D eigenvalue weighted by Gasteiger charge is -2.33. The molecule has 1 aliphatic carbocycles. The maximum atomic E-state index is 11.7. The minimum Gasteiger partial charge on any atom is -0.338 e. The molecular formula is C9H15NOS. The van der Waals surface area contributed by atoms with Crippen molar-refractivity contribution >= 4 is 17.7 Å². The molecule has 0 spiro atoms. The van der Waals surface area contributed by atoms with E-state index in [-0.39, 0.29) is 0 Å². The van der Waals surface area contributed by atoms with E-state index in [4.69, 9.17) is 0 Å².